The molecule has 1 aromatic heterocycles. The van der Waals surface area contributed by atoms with Crippen LogP contribution in [0.4, 0.5) is 5.82 Å². The fraction of sp³-hybridized carbons (Fsp3) is 0.0769. The highest BCUT2D eigenvalue weighted by Gasteiger charge is 2.18. The van der Waals surface area contributed by atoms with Crippen LogP contribution < -0.4 is 4.72 Å². The van der Waals surface area contributed by atoms with Gasteiger partial charge in [-0.1, -0.05) is 17.7 Å². The first-order chi connectivity index (χ1) is 9.42. The van der Waals surface area contributed by atoms with Gasteiger partial charge in [0.1, 0.15) is 5.82 Å². The van der Waals surface area contributed by atoms with Crippen molar-refractivity contribution in [2.24, 2.45) is 0 Å². The third kappa shape index (κ3) is 3.07. The first kappa shape index (κ1) is 14.3. The van der Waals surface area contributed by atoms with Gasteiger partial charge in [0.2, 0.25) is 0 Å². The van der Waals surface area contributed by atoms with Gasteiger partial charge in [-0.3, -0.25) is 4.72 Å². The van der Waals surface area contributed by atoms with Gasteiger partial charge in [0, 0.05) is 6.20 Å². The minimum Gasteiger partial charge on any atom is -0.263 e. The molecule has 1 aromatic carbocycles. The highest BCUT2D eigenvalue weighted by atomic mass is 35.5. The Morgan fingerprint density at radius 3 is 2.65 bits per heavy atom. The lowest BCUT2D eigenvalue weighted by Gasteiger charge is -2.10. The molecule has 1 heterocycles. The molecule has 0 aliphatic carbocycles. The van der Waals surface area contributed by atoms with Crippen molar-refractivity contribution >= 4 is 27.4 Å². The number of nitrogens with zero attached hydrogens (tertiary/aromatic N) is 2. The van der Waals surface area contributed by atoms with Crippen LogP contribution in [-0.4, -0.2) is 13.4 Å². The van der Waals surface area contributed by atoms with Gasteiger partial charge in [0.25, 0.3) is 10.0 Å². The number of hydrogen-bond donors (Lipinski definition) is 1. The highest BCUT2D eigenvalue weighted by molar-refractivity contribution is 7.92. The molecule has 0 saturated carbocycles. The average Bonchev–Trinajstić information content (AvgIpc) is 2.41. The van der Waals surface area contributed by atoms with Crippen molar-refractivity contribution < 1.29 is 8.42 Å². The Bertz CT molecular complexity index is 780. The molecule has 5 nitrogen and oxygen atoms in total. The Balaban J connectivity index is 2.40. The van der Waals surface area contributed by atoms with Gasteiger partial charge >= 0.3 is 0 Å². The van der Waals surface area contributed by atoms with E-state index in [1.165, 1.54) is 24.4 Å². The number of aryl methyl sites for hydroxylation is 1. The third-order valence-corrected chi connectivity index (χ3v) is 4.29. The summed E-state index contributed by atoms with van der Waals surface area (Å²) < 4.78 is 26.9. The number of hydrogen-bond acceptors (Lipinski definition) is 4. The number of rotatable bonds is 3. The van der Waals surface area contributed by atoms with Crippen LogP contribution in [0.1, 0.15) is 11.1 Å². The van der Waals surface area contributed by atoms with Gasteiger partial charge in [-0.25, -0.2) is 13.4 Å². The van der Waals surface area contributed by atoms with E-state index in [4.69, 9.17) is 16.9 Å². The van der Waals surface area contributed by atoms with Gasteiger partial charge in [-0.05, 0) is 36.8 Å². The van der Waals surface area contributed by atoms with Crippen molar-refractivity contribution in [3.05, 3.63) is 52.7 Å². The Kier molecular flexibility index (Phi) is 3.93. The SMILES string of the molecule is Cc1ccc(C#N)cc1S(=O)(=O)Nc1ccc(Cl)cn1. The number of halogens is 1. The van der Waals surface area contributed by atoms with E-state index in [0.717, 1.165) is 0 Å². The van der Waals surface area contributed by atoms with Crippen molar-refractivity contribution in [2.45, 2.75) is 11.8 Å². The van der Waals surface area contributed by atoms with E-state index in [9.17, 15) is 8.42 Å². The fourth-order valence-corrected chi connectivity index (χ4v) is 2.98. The maximum Gasteiger partial charge on any atom is 0.263 e. The highest BCUT2D eigenvalue weighted by Crippen LogP contribution is 2.20. The normalized spacial score (nSPS) is 10.8. The summed E-state index contributed by atoms with van der Waals surface area (Å²) in [4.78, 5) is 3.92. The summed E-state index contributed by atoms with van der Waals surface area (Å²) in [6.45, 7) is 1.66. The maximum absolute atomic E-state index is 12.3. The molecule has 0 amide bonds. The van der Waals surface area contributed by atoms with E-state index >= 15 is 0 Å². The first-order valence-electron chi connectivity index (χ1n) is 5.57. The first-order valence-corrected chi connectivity index (χ1v) is 7.43. The molecule has 1 N–H and O–H groups in total. The second-order valence-electron chi connectivity index (χ2n) is 4.06. The molecule has 0 aliphatic heterocycles. The molecule has 0 aliphatic rings. The van der Waals surface area contributed by atoms with Crippen LogP contribution in [0.2, 0.25) is 5.02 Å². The molecule has 0 unspecified atom stereocenters. The number of benzene rings is 1. The van der Waals surface area contributed by atoms with Crippen LogP contribution in [-0.2, 0) is 10.0 Å². The van der Waals surface area contributed by atoms with Crippen molar-refractivity contribution in [1.29, 1.82) is 5.26 Å². The number of sulfonamides is 1. The zero-order valence-corrected chi connectivity index (χ0v) is 12.0. The predicted octanol–water partition coefficient (Wildman–Crippen LogP) is 2.72. The molecule has 20 heavy (non-hydrogen) atoms. The second-order valence-corrected chi connectivity index (χ2v) is 6.15. The number of pyridine rings is 1. The number of nitrogens with one attached hydrogen (secondary N) is 1. The van der Waals surface area contributed by atoms with Gasteiger partial charge in [0.05, 0.1) is 21.6 Å². The van der Waals surface area contributed by atoms with Crippen LogP contribution in [0.5, 0.6) is 0 Å². The molecule has 0 radical (unpaired) electrons. The van der Waals surface area contributed by atoms with E-state index in [2.05, 4.69) is 9.71 Å². The van der Waals surface area contributed by atoms with Crippen molar-refractivity contribution in [3.8, 4) is 6.07 Å². The summed E-state index contributed by atoms with van der Waals surface area (Å²) in [7, 11) is -3.80. The lowest BCUT2D eigenvalue weighted by atomic mass is 10.2. The zero-order valence-electron chi connectivity index (χ0n) is 10.5. The van der Waals surface area contributed by atoms with Crippen LogP contribution in [0.3, 0.4) is 0 Å². The van der Waals surface area contributed by atoms with Crippen LogP contribution in [0.15, 0.2) is 41.4 Å². The van der Waals surface area contributed by atoms with E-state index in [1.807, 2.05) is 6.07 Å². The Morgan fingerprint density at radius 1 is 1.30 bits per heavy atom. The van der Waals surface area contributed by atoms with Crippen molar-refractivity contribution in [3.63, 3.8) is 0 Å². The summed E-state index contributed by atoms with van der Waals surface area (Å²) in [5, 5.41) is 9.26. The summed E-state index contributed by atoms with van der Waals surface area (Å²) in [6, 6.07) is 9.38. The minimum absolute atomic E-state index is 0.0494. The second kappa shape index (κ2) is 5.49. The minimum atomic E-state index is -3.80. The van der Waals surface area contributed by atoms with Crippen LogP contribution in [0.25, 0.3) is 0 Å². The molecular formula is C13H10ClN3O2S. The topological polar surface area (TPSA) is 82.8 Å². The molecule has 7 heteroatoms. The molecule has 102 valence electrons. The monoisotopic (exact) mass is 307 g/mol. The van der Waals surface area contributed by atoms with Gasteiger partial charge < -0.3 is 0 Å². The smallest absolute Gasteiger partial charge is 0.263 e. The van der Waals surface area contributed by atoms with Gasteiger partial charge in [0.15, 0.2) is 0 Å². The summed E-state index contributed by atoms with van der Waals surface area (Å²) in [5.74, 6) is 0.163. The molecule has 2 aromatic rings. The number of aromatic nitrogens is 1. The summed E-state index contributed by atoms with van der Waals surface area (Å²) in [6.07, 6.45) is 1.35. The molecule has 0 bridgehead atoms. The van der Waals surface area contributed by atoms with Gasteiger partial charge in [-0.15, -0.1) is 0 Å². The maximum atomic E-state index is 12.3. The van der Waals surface area contributed by atoms with E-state index < -0.39 is 10.0 Å². The Morgan fingerprint density at radius 2 is 2.05 bits per heavy atom. The molecule has 0 atom stereocenters. The molecule has 0 fully saturated rings. The quantitative estimate of drug-likeness (QED) is 0.945. The largest absolute Gasteiger partial charge is 0.263 e. The van der Waals surface area contributed by atoms with Crippen molar-refractivity contribution in [2.75, 3.05) is 4.72 Å². The van der Waals surface area contributed by atoms with E-state index in [-0.39, 0.29) is 16.3 Å². The van der Waals surface area contributed by atoms with Crippen molar-refractivity contribution in [1.82, 2.24) is 4.98 Å². The molecule has 2 rings (SSSR count). The van der Waals surface area contributed by atoms with E-state index in [0.29, 0.717) is 10.6 Å². The number of anilines is 1. The summed E-state index contributed by atoms with van der Waals surface area (Å²) in [5.41, 5.74) is 0.825. The molecule has 0 spiro atoms. The average molecular weight is 308 g/mol. The van der Waals surface area contributed by atoms with Crippen LogP contribution in [0, 0.1) is 18.3 Å². The molecule has 0 saturated heterocycles. The lowest BCUT2D eigenvalue weighted by Crippen LogP contribution is -2.15. The third-order valence-electron chi connectivity index (χ3n) is 2.57. The fourth-order valence-electron chi connectivity index (χ4n) is 1.59. The standard InChI is InChI=1S/C13H10ClN3O2S/c1-9-2-3-10(7-15)6-12(9)20(18,19)17-13-5-4-11(14)8-16-13/h2-6,8H,1H3,(H,16,17). The predicted molar refractivity (Wildman–Crippen MR) is 75.9 cm³/mol. The number of nitriles is 1. The molecular weight excluding hydrogens is 298 g/mol. The Hall–Kier alpha value is -2.10. The summed E-state index contributed by atoms with van der Waals surface area (Å²) >= 11 is 5.69. The Labute approximate surface area is 121 Å². The lowest BCUT2D eigenvalue weighted by molar-refractivity contribution is 0.600. The van der Waals surface area contributed by atoms with Crippen LogP contribution >= 0.6 is 11.6 Å². The van der Waals surface area contributed by atoms with E-state index in [1.54, 1.807) is 19.1 Å². The van der Waals surface area contributed by atoms with Gasteiger partial charge in [-0.2, -0.15) is 5.26 Å². The zero-order chi connectivity index (χ0) is 14.8.